The van der Waals surface area contributed by atoms with Crippen LogP contribution in [0.25, 0.3) is 11.1 Å². The number of anilines is 1. The van der Waals surface area contributed by atoms with Crippen LogP contribution in [0.15, 0.2) is 54.6 Å². The molecule has 2 aromatic rings. The molecule has 1 fully saturated rings. The Morgan fingerprint density at radius 2 is 1.91 bits per heavy atom. The van der Waals surface area contributed by atoms with Gasteiger partial charge in [0.25, 0.3) is 0 Å². The van der Waals surface area contributed by atoms with E-state index in [-0.39, 0.29) is 12.0 Å². The number of para-hydroxylation sites is 1. The van der Waals surface area contributed by atoms with E-state index in [9.17, 15) is 4.79 Å². The number of ether oxygens (including phenoxy) is 1. The Bertz CT molecular complexity index is 657. The van der Waals surface area contributed by atoms with Crippen molar-refractivity contribution in [2.45, 2.75) is 13.0 Å². The average molecular weight is 310 g/mol. The standard InChI is InChI=1S/C19H22N2O2/c1-15-14-21(11-12-23-15)19(22)13-20-18-10-6-5-9-17(18)16-7-3-2-4-8-16/h2-10,15,20H,11-14H2,1H3. The molecule has 0 radical (unpaired) electrons. The molecular formula is C19H22N2O2. The molecule has 1 amide bonds. The normalized spacial score (nSPS) is 17.8. The molecule has 0 aromatic heterocycles. The summed E-state index contributed by atoms with van der Waals surface area (Å²) in [6.45, 7) is 4.26. The van der Waals surface area contributed by atoms with Crippen molar-refractivity contribution in [2.24, 2.45) is 0 Å². The molecular weight excluding hydrogens is 288 g/mol. The molecule has 4 heteroatoms. The number of amides is 1. The van der Waals surface area contributed by atoms with Gasteiger partial charge in [-0.15, -0.1) is 0 Å². The maximum Gasteiger partial charge on any atom is 0.242 e. The van der Waals surface area contributed by atoms with Gasteiger partial charge in [0.15, 0.2) is 0 Å². The van der Waals surface area contributed by atoms with Gasteiger partial charge in [0.1, 0.15) is 0 Å². The molecule has 0 spiro atoms. The lowest BCUT2D eigenvalue weighted by Crippen LogP contribution is -2.46. The quantitative estimate of drug-likeness (QED) is 0.944. The highest BCUT2D eigenvalue weighted by atomic mass is 16.5. The van der Waals surface area contributed by atoms with Gasteiger partial charge < -0.3 is 15.0 Å². The first-order valence-corrected chi connectivity index (χ1v) is 8.02. The summed E-state index contributed by atoms with van der Waals surface area (Å²) in [6, 6.07) is 18.3. The molecule has 3 rings (SSSR count). The third-order valence-corrected chi connectivity index (χ3v) is 4.04. The number of rotatable bonds is 4. The van der Waals surface area contributed by atoms with Crippen LogP contribution in [-0.2, 0) is 9.53 Å². The second-order valence-corrected chi connectivity index (χ2v) is 5.79. The van der Waals surface area contributed by atoms with Crippen molar-refractivity contribution in [3.63, 3.8) is 0 Å². The predicted molar refractivity (Wildman–Crippen MR) is 92.4 cm³/mol. The van der Waals surface area contributed by atoms with Gasteiger partial charge in [-0.25, -0.2) is 0 Å². The number of carbonyl (C=O) groups excluding carboxylic acids is 1. The number of morpholine rings is 1. The Labute approximate surface area is 137 Å². The lowest BCUT2D eigenvalue weighted by molar-refractivity contribution is -0.136. The summed E-state index contributed by atoms with van der Waals surface area (Å²) in [6.07, 6.45) is 0.115. The number of benzene rings is 2. The van der Waals surface area contributed by atoms with E-state index in [4.69, 9.17) is 4.74 Å². The van der Waals surface area contributed by atoms with Gasteiger partial charge >= 0.3 is 0 Å². The molecule has 120 valence electrons. The minimum atomic E-state index is 0.114. The van der Waals surface area contributed by atoms with E-state index in [1.165, 1.54) is 0 Å². The van der Waals surface area contributed by atoms with Gasteiger partial charge in [-0.05, 0) is 18.6 Å². The minimum absolute atomic E-state index is 0.114. The third kappa shape index (κ3) is 3.90. The van der Waals surface area contributed by atoms with E-state index >= 15 is 0 Å². The van der Waals surface area contributed by atoms with Crippen molar-refractivity contribution < 1.29 is 9.53 Å². The SMILES string of the molecule is CC1CN(C(=O)CNc2ccccc2-c2ccccc2)CCO1. The van der Waals surface area contributed by atoms with Crippen LogP contribution < -0.4 is 5.32 Å². The Hall–Kier alpha value is -2.33. The van der Waals surface area contributed by atoms with Crippen LogP contribution in [0.3, 0.4) is 0 Å². The van der Waals surface area contributed by atoms with E-state index in [1.807, 2.05) is 48.2 Å². The minimum Gasteiger partial charge on any atom is -0.376 e. The number of hydrogen-bond acceptors (Lipinski definition) is 3. The van der Waals surface area contributed by atoms with Crippen LogP contribution in [0.2, 0.25) is 0 Å². The number of hydrogen-bond donors (Lipinski definition) is 1. The molecule has 0 bridgehead atoms. The van der Waals surface area contributed by atoms with Crippen LogP contribution in [-0.4, -0.2) is 43.2 Å². The summed E-state index contributed by atoms with van der Waals surface area (Å²) in [5, 5.41) is 3.29. The molecule has 1 heterocycles. The van der Waals surface area contributed by atoms with Crippen molar-refractivity contribution in [3.8, 4) is 11.1 Å². The molecule has 1 N–H and O–H groups in total. The van der Waals surface area contributed by atoms with Gasteiger partial charge in [-0.2, -0.15) is 0 Å². The summed E-state index contributed by atoms with van der Waals surface area (Å²) in [5.41, 5.74) is 3.23. The summed E-state index contributed by atoms with van der Waals surface area (Å²) in [5.74, 6) is 0.114. The zero-order valence-electron chi connectivity index (χ0n) is 13.4. The number of nitrogens with one attached hydrogen (secondary N) is 1. The van der Waals surface area contributed by atoms with Gasteiger partial charge in [0, 0.05) is 24.3 Å². The molecule has 1 unspecified atom stereocenters. The molecule has 1 aliphatic rings. The molecule has 0 saturated carbocycles. The molecule has 4 nitrogen and oxygen atoms in total. The van der Waals surface area contributed by atoms with Crippen molar-refractivity contribution in [1.82, 2.24) is 4.90 Å². The first-order valence-electron chi connectivity index (χ1n) is 8.02. The topological polar surface area (TPSA) is 41.6 Å². The van der Waals surface area contributed by atoms with E-state index in [0.29, 0.717) is 26.2 Å². The summed E-state index contributed by atoms with van der Waals surface area (Å²) in [7, 11) is 0. The fourth-order valence-corrected chi connectivity index (χ4v) is 2.83. The van der Waals surface area contributed by atoms with Crippen molar-refractivity contribution in [1.29, 1.82) is 0 Å². The van der Waals surface area contributed by atoms with Gasteiger partial charge in [-0.1, -0.05) is 48.5 Å². The maximum atomic E-state index is 12.4. The highest BCUT2D eigenvalue weighted by molar-refractivity contribution is 5.84. The molecule has 2 aromatic carbocycles. The molecule has 1 atom stereocenters. The molecule has 0 aliphatic carbocycles. The maximum absolute atomic E-state index is 12.4. The first kappa shape index (κ1) is 15.6. The summed E-state index contributed by atoms with van der Waals surface area (Å²) in [4.78, 5) is 14.2. The van der Waals surface area contributed by atoms with E-state index in [0.717, 1.165) is 16.8 Å². The van der Waals surface area contributed by atoms with Crippen LogP contribution in [0.5, 0.6) is 0 Å². The van der Waals surface area contributed by atoms with Crippen molar-refractivity contribution in [2.75, 3.05) is 31.6 Å². The van der Waals surface area contributed by atoms with Crippen molar-refractivity contribution in [3.05, 3.63) is 54.6 Å². The Balaban J connectivity index is 1.68. The Kier molecular flexibility index (Phi) is 4.93. The van der Waals surface area contributed by atoms with Crippen LogP contribution in [0.4, 0.5) is 5.69 Å². The van der Waals surface area contributed by atoms with Gasteiger partial charge in [-0.3, -0.25) is 4.79 Å². The van der Waals surface area contributed by atoms with Crippen LogP contribution in [0, 0.1) is 0 Å². The fraction of sp³-hybridized carbons (Fsp3) is 0.316. The highest BCUT2D eigenvalue weighted by Crippen LogP contribution is 2.27. The second kappa shape index (κ2) is 7.29. The van der Waals surface area contributed by atoms with Gasteiger partial charge in [0.2, 0.25) is 5.91 Å². The van der Waals surface area contributed by atoms with E-state index < -0.39 is 0 Å². The molecule has 1 saturated heterocycles. The van der Waals surface area contributed by atoms with E-state index in [2.05, 4.69) is 23.5 Å². The summed E-state index contributed by atoms with van der Waals surface area (Å²) >= 11 is 0. The smallest absolute Gasteiger partial charge is 0.242 e. The monoisotopic (exact) mass is 310 g/mol. The predicted octanol–water partition coefficient (Wildman–Crippen LogP) is 3.01. The second-order valence-electron chi connectivity index (χ2n) is 5.79. The third-order valence-electron chi connectivity index (χ3n) is 4.04. The largest absolute Gasteiger partial charge is 0.376 e. The zero-order chi connectivity index (χ0) is 16.1. The van der Waals surface area contributed by atoms with E-state index in [1.54, 1.807) is 0 Å². The zero-order valence-corrected chi connectivity index (χ0v) is 13.4. The van der Waals surface area contributed by atoms with Gasteiger partial charge in [0.05, 0.1) is 19.3 Å². The highest BCUT2D eigenvalue weighted by Gasteiger charge is 2.21. The number of carbonyl (C=O) groups is 1. The lowest BCUT2D eigenvalue weighted by Gasteiger charge is -2.31. The summed E-state index contributed by atoms with van der Waals surface area (Å²) < 4.78 is 5.48. The van der Waals surface area contributed by atoms with Crippen LogP contribution in [0.1, 0.15) is 6.92 Å². The first-order chi connectivity index (χ1) is 11.2. The molecule has 23 heavy (non-hydrogen) atoms. The number of nitrogens with zero attached hydrogens (tertiary/aromatic N) is 1. The lowest BCUT2D eigenvalue weighted by atomic mass is 10.0. The van der Waals surface area contributed by atoms with Crippen molar-refractivity contribution >= 4 is 11.6 Å². The Morgan fingerprint density at radius 1 is 1.17 bits per heavy atom. The average Bonchev–Trinajstić information content (AvgIpc) is 2.60. The van der Waals surface area contributed by atoms with Crippen LogP contribution >= 0.6 is 0 Å². The Morgan fingerprint density at radius 3 is 2.70 bits per heavy atom. The molecule has 1 aliphatic heterocycles. The fourth-order valence-electron chi connectivity index (χ4n) is 2.83.